The summed E-state index contributed by atoms with van der Waals surface area (Å²) in [6.07, 6.45) is 1.32. The second-order valence-corrected chi connectivity index (χ2v) is 12.1. The Labute approximate surface area is 185 Å². The minimum absolute atomic E-state index is 0.0377. The average molecular weight is 492 g/mol. The Balaban J connectivity index is 2.03. The van der Waals surface area contributed by atoms with Crippen LogP contribution in [0.5, 0.6) is 0 Å². The van der Waals surface area contributed by atoms with E-state index < -0.39 is 36.8 Å². The molecule has 1 saturated heterocycles. The Morgan fingerprint density at radius 3 is 2.63 bits per heavy atom. The number of aromatic nitrogens is 2. The number of halogens is 2. The summed E-state index contributed by atoms with van der Waals surface area (Å²) < 4.78 is 48.3. The van der Waals surface area contributed by atoms with Crippen LogP contribution < -0.4 is 0 Å². The van der Waals surface area contributed by atoms with Crippen molar-refractivity contribution in [3.8, 4) is 0 Å². The number of benzene rings is 1. The SMILES string of the molecule is CCS(=O)(=O)c1ncc(Cl)c(C(=O)N(Cc2cccc(Cl)c2)C2CCS(=O)(=O)C2)n1. The molecule has 0 saturated carbocycles. The van der Waals surface area contributed by atoms with Crippen LogP contribution in [-0.4, -0.2) is 60.9 Å². The highest BCUT2D eigenvalue weighted by atomic mass is 35.5. The van der Waals surface area contributed by atoms with Crippen molar-refractivity contribution in [1.29, 1.82) is 0 Å². The number of nitrogens with zero attached hydrogens (tertiary/aromatic N) is 3. The molecule has 0 radical (unpaired) electrons. The molecule has 1 aliphatic heterocycles. The second-order valence-electron chi connectivity index (χ2n) is 6.87. The highest BCUT2D eigenvalue weighted by molar-refractivity contribution is 7.91. The molecule has 1 aliphatic rings. The van der Waals surface area contributed by atoms with E-state index in [0.29, 0.717) is 10.6 Å². The maximum absolute atomic E-state index is 13.3. The van der Waals surface area contributed by atoms with Gasteiger partial charge in [0.1, 0.15) is 0 Å². The normalized spacial score (nSPS) is 18.3. The van der Waals surface area contributed by atoms with Crippen molar-refractivity contribution < 1.29 is 21.6 Å². The topological polar surface area (TPSA) is 114 Å². The predicted molar refractivity (Wildman–Crippen MR) is 113 cm³/mol. The van der Waals surface area contributed by atoms with Crippen molar-refractivity contribution in [3.05, 3.63) is 51.8 Å². The minimum Gasteiger partial charge on any atom is -0.329 e. The molecule has 30 heavy (non-hydrogen) atoms. The predicted octanol–water partition coefficient (Wildman–Crippen LogP) is 2.41. The average Bonchev–Trinajstić information content (AvgIpc) is 3.05. The van der Waals surface area contributed by atoms with Crippen molar-refractivity contribution in [1.82, 2.24) is 14.9 Å². The third-order valence-electron chi connectivity index (χ3n) is 4.73. The zero-order valence-corrected chi connectivity index (χ0v) is 19.1. The first kappa shape index (κ1) is 22.9. The Morgan fingerprint density at radius 2 is 2.03 bits per heavy atom. The smallest absolute Gasteiger partial charge is 0.274 e. The molecule has 1 unspecified atom stereocenters. The Hall–Kier alpha value is -1.75. The highest BCUT2D eigenvalue weighted by Crippen LogP contribution is 2.25. The van der Waals surface area contributed by atoms with Crippen molar-refractivity contribution in [2.24, 2.45) is 0 Å². The first-order valence-electron chi connectivity index (χ1n) is 9.03. The number of amides is 1. The number of carbonyl (C=O) groups is 1. The summed E-state index contributed by atoms with van der Waals surface area (Å²) in [5.74, 6) is -1.14. The zero-order chi connectivity index (χ0) is 22.1. The van der Waals surface area contributed by atoms with Gasteiger partial charge in [-0.15, -0.1) is 0 Å². The molecular weight excluding hydrogens is 473 g/mol. The standard InChI is InChI=1S/C18H19Cl2N3O5S2/c1-2-30(27,28)18-21-9-15(20)16(22-18)17(24)23(14-6-7-29(25,26)11-14)10-12-4-3-5-13(19)8-12/h3-5,8-9,14H,2,6-7,10-11H2,1H3. The lowest BCUT2D eigenvalue weighted by molar-refractivity contribution is 0.0674. The van der Waals surface area contributed by atoms with Gasteiger partial charge in [0.2, 0.25) is 15.0 Å². The van der Waals surface area contributed by atoms with Gasteiger partial charge in [-0.2, -0.15) is 0 Å². The number of sulfone groups is 2. The first-order chi connectivity index (χ1) is 14.0. The molecule has 2 heterocycles. The van der Waals surface area contributed by atoms with Gasteiger partial charge in [-0.3, -0.25) is 4.79 Å². The maximum atomic E-state index is 13.3. The van der Waals surface area contributed by atoms with Crippen LogP contribution in [0, 0.1) is 0 Å². The molecule has 0 N–H and O–H groups in total. The molecule has 12 heteroatoms. The monoisotopic (exact) mass is 491 g/mol. The van der Waals surface area contributed by atoms with Crippen molar-refractivity contribution in [3.63, 3.8) is 0 Å². The summed E-state index contributed by atoms with van der Waals surface area (Å²) in [5.41, 5.74) is 0.400. The highest BCUT2D eigenvalue weighted by Gasteiger charge is 2.36. The molecule has 0 aliphatic carbocycles. The van der Waals surface area contributed by atoms with E-state index in [-0.39, 0.29) is 40.9 Å². The maximum Gasteiger partial charge on any atom is 0.274 e. The van der Waals surface area contributed by atoms with E-state index in [4.69, 9.17) is 23.2 Å². The fourth-order valence-corrected chi connectivity index (χ4v) is 5.95. The van der Waals surface area contributed by atoms with E-state index in [1.807, 2.05) is 0 Å². The van der Waals surface area contributed by atoms with Gasteiger partial charge in [0.15, 0.2) is 15.5 Å². The van der Waals surface area contributed by atoms with Gasteiger partial charge in [0.05, 0.1) is 28.5 Å². The van der Waals surface area contributed by atoms with Crippen LogP contribution in [0.4, 0.5) is 0 Å². The lowest BCUT2D eigenvalue weighted by Gasteiger charge is -2.28. The third-order valence-corrected chi connectivity index (χ3v) is 8.51. The molecule has 1 atom stereocenters. The molecule has 0 spiro atoms. The molecule has 3 rings (SSSR count). The lowest BCUT2D eigenvalue weighted by atomic mass is 10.1. The second kappa shape index (κ2) is 8.78. The van der Waals surface area contributed by atoms with Crippen LogP contribution in [0.25, 0.3) is 0 Å². The fourth-order valence-electron chi connectivity index (χ4n) is 3.14. The molecular formula is C18H19Cl2N3O5S2. The number of hydrogen-bond acceptors (Lipinski definition) is 7. The van der Waals surface area contributed by atoms with Gasteiger partial charge in [0, 0.05) is 17.6 Å². The Bertz CT molecular complexity index is 1190. The molecule has 1 aromatic carbocycles. The van der Waals surface area contributed by atoms with Crippen molar-refractivity contribution >= 4 is 48.8 Å². The lowest BCUT2D eigenvalue weighted by Crippen LogP contribution is -2.41. The summed E-state index contributed by atoms with van der Waals surface area (Å²) in [6, 6.07) is 6.22. The molecule has 8 nitrogen and oxygen atoms in total. The Kier molecular flexibility index (Phi) is 6.71. The molecule has 162 valence electrons. The number of hydrogen-bond donors (Lipinski definition) is 0. The van der Waals surface area contributed by atoms with Crippen LogP contribution in [0.1, 0.15) is 29.4 Å². The summed E-state index contributed by atoms with van der Waals surface area (Å²) in [5, 5.41) is -0.151. The van der Waals surface area contributed by atoms with Crippen molar-refractivity contribution in [2.45, 2.75) is 31.1 Å². The van der Waals surface area contributed by atoms with E-state index in [0.717, 1.165) is 6.20 Å². The van der Waals surface area contributed by atoms with Crippen LogP contribution >= 0.6 is 23.2 Å². The number of rotatable bonds is 6. The largest absolute Gasteiger partial charge is 0.329 e. The van der Waals surface area contributed by atoms with Crippen molar-refractivity contribution in [2.75, 3.05) is 17.3 Å². The first-order valence-corrected chi connectivity index (χ1v) is 13.3. The molecule has 1 amide bonds. The van der Waals surface area contributed by atoms with E-state index >= 15 is 0 Å². The van der Waals surface area contributed by atoms with E-state index in [1.54, 1.807) is 24.3 Å². The summed E-state index contributed by atoms with van der Waals surface area (Å²) >= 11 is 12.1. The quantitative estimate of drug-likeness (QED) is 0.569. The number of carbonyl (C=O) groups excluding carboxylic acids is 1. The van der Waals surface area contributed by atoms with Crippen LogP contribution in [-0.2, 0) is 26.2 Å². The van der Waals surface area contributed by atoms with Gasteiger partial charge in [-0.1, -0.05) is 42.3 Å². The molecule has 1 fully saturated rings. The van der Waals surface area contributed by atoms with Gasteiger partial charge in [-0.05, 0) is 24.1 Å². The molecule has 2 aromatic rings. The fraction of sp³-hybridized carbons (Fsp3) is 0.389. The Morgan fingerprint density at radius 1 is 1.30 bits per heavy atom. The van der Waals surface area contributed by atoms with Gasteiger partial charge >= 0.3 is 0 Å². The summed E-state index contributed by atoms with van der Waals surface area (Å²) in [7, 11) is -7.05. The van der Waals surface area contributed by atoms with E-state index in [9.17, 15) is 21.6 Å². The minimum atomic E-state index is -3.76. The van der Waals surface area contributed by atoms with Gasteiger partial charge in [-0.25, -0.2) is 26.8 Å². The van der Waals surface area contributed by atoms with Gasteiger partial charge in [0.25, 0.3) is 5.91 Å². The third kappa shape index (κ3) is 5.11. The van der Waals surface area contributed by atoms with Crippen LogP contribution in [0.3, 0.4) is 0 Å². The summed E-state index contributed by atoms with van der Waals surface area (Å²) in [4.78, 5) is 22.3. The van der Waals surface area contributed by atoms with Gasteiger partial charge < -0.3 is 4.90 Å². The van der Waals surface area contributed by atoms with Crippen LogP contribution in [0.2, 0.25) is 10.0 Å². The molecule has 0 bridgehead atoms. The van der Waals surface area contributed by atoms with Crippen LogP contribution in [0.15, 0.2) is 35.6 Å². The summed E-state index contributed by atoms with van der Waals surface area (Å²) in [6.45, 7) is 1.50. The van der Waals surface area contributed by atoms with E-state index in [1.165, 1.54) is 11.8 Å². The zero-order valence-electron chi connectivity index (χ0n) is 16.0. The van der Waals surface area contributed by atoms with E-state index in [2.05, 4.69) is 9.97 Å². The molecule has 1 aromatic heterocycles.